The molecule has 3 heterocycles. The van der Waals surface area contributed by atoms with Crippen LogP contribution in [0.15, 0.2) is 10.9 Å². The molecule has 0 saturated carbocycles. The SMILES string of the molecule is Cc1noc(C)c1CN1CCN(C(=O)[C@H](C)n2cnnn2)CC1. The van der Waals surface area contributed by atoms with Crippen molar-refractivity contribution >= 4 is 5.91 Å². The first-order chi connectivity index (χ1) is 11.1. The summed E-state index contributed by atoms with van der Waals surface area (Å²) in [6.45, 7) is 9.59. The lowest BCUT2D eigenvalue weighted by atomic mass is 10.1. The van der Waals surface area contributed by atoms with Gasteiger partial charge in [-0.3, -0.25) is 9.69 Å². The molecule has 1 saturated heterocycles. The third-order valence-corrected chi connectivity index (χ3v) is 4.37. The second-order valence-corrected chi connectivity index (χ2v) is 5.87. The molecule has 124 valence electrons. The van der Waals surface area contributed by atoms with Gasteiger partial charge in [-0.2, -0.15) is 0 Å². The van der Waals surface area contributed by atoms with Crippen molar-refractivity contribution < 1.29 is 9.32 Å². The highest BCUT2D eigenvalue weighted by Crippen LogP contribution is 2.17. The van der Waals surface area contributed by atoms with E-state index in [4.69, 9.17) is 4.52 Å². The van der Waals surface area contributed by atoms with E-state index < -0.39 is 0 Å². The van der Waals surface area contributed by atoms with Crippen molar-refractivity contribution in [2.45, 2.75) is 33.4 Å². The fourth-order valence-electron chi connectivity index (χ4n) is 2.80. The molecule has 1 aliphatic rings. The lowest BCUT2D eigenvalue weighted by molar-refractivity contribution is -0.136. The predicted molar refractivity (Wildman–Crippen MR) is 80.4 cm³/mol. The number of aromatic nitrogens is 5. The highest BCUT2D eigenvalue weighted by molar-refractivity contribution is 5.80. The Morgan fingerprint density at radius 2 is 2.04 bits per heavy atom. The molecule has 0 radical (unpaired) electrons. The standard InChI is InChI=1S/C14H21N7O2/c1-10-13(12(3)23-16-10)8-19-4-6-20(7-5-19)14(22)11(2)21-9-15-17-18-21/h9,11H,4-8H2,1-3H3/t11-/m0/s1. The van der Waals surface area contributed by atoms with E-state index in [2.05, 4.69) is 25.6 Å². The Morgan fingerprint density at radius 3 is 2.61 bits per heavy atom. The van der Waals surface area contributed by atoms with E-state index in [1.807, 2.05) is 25.7 Å². The average Bonchev–Trinajstić information content (AvgIpc) is 3.20. The summed E-state index contributed by atoms with van der Waals surface area (Å²) in [5.74, 6) is 0.919. The Hall–Kier alpha value is -2.29. The third kappa shape index (κ3) is 3.24. The summed E-state index contributed by atoms with van der Waals surface area (Å²) in [6.07, 6.45) is 1.47. The van der Waals surface area contributed by atoms with Gasteiger partial charge in [0.1, 0.15) is 18.1 Å². The quantitative estimate of drug-likeness (QED) is 0.793. The first-order valence-electron chi connectivity index (χ1n) is 7.71. The summed E-state index contributed by atoms with van der Waals surface area (Å²) in [7, 11) is 0. The minimum Gasteiger partial charge on any atom is -0.361 e. The number of amides is 1. The molecule has 1 fully saturated rings. The van der Waals surface area contributed by atoms with Crippen LogP contribution < -0.4 is 0 Å². The molecular weight excluding hydrogens is 298 g/mol. The zero-order chi connectivity index (χ0) is 16.4. The molecule has 2 aromatic heterocycles. The molecule has 0 N–H and O–H groups in total. The number of piperazine rings is 1. The molecule has 0 bridgehead atoms. The number of rotatable bonds is 4. The molecule has 0 aromatic carbocycles. The minimum atomic E-state index is -0.376. The van der Waals surface area contributed by atoms with Crippen molar-refractivity contribution in [2.75, 3.05) is 26.2 Å². The van der Waals surface area contributed by atoms with Gasteiger partial charge in [0.05, 0.1) is 5.69 Å². The van der Waals surface area contributed by atoms with Crippen LogP contribution in [0.4, 0.5) is 0 Å². The maximum atomic E-state index is 12.5. The van der Waals surface area contributed by atoms with Gasteiger partial charge < -0.3 is 9.42 Å². The maximum Gasteiger partial charge on any atom is 0.247 e. The van der Waals surface area contributed by atoms with Crippen molar-refractivity contribution in [1.82, 2.24) is 35.2 Å². The zero-order valence-corrected chi connectivity index (χ0v) is 13.6. The van der Waals surface area contributed by atoms with E-state index in [0.717, 1.165) is 36.7 Å². The number of nitrogens with zero attached hydrogens (tertiary/aromatic N) is 7. The molecule has 0 spiro atoms. The summed E-state index contributed by atoms with van der Waals surface area (Å²) in [5.41, 5.74) is 2.08. The monoisotopic (exact) mass is 319 g/mol. The van der Waals surface area contributed by atoms with Crippen molar-refractivity contribution in [3.05, 3.63) is 23.3 Å². The van der Waals surface area contributed by atoms with Crippen LogP contribution in [0.25, 0.3) is 0 Å². The van der Waals surface area contributed by atoms with Crippen molar-refractivity contribution in [2.24, 2.45) is 0 Å². The first kappa shape index (κ1) is 15.6. The van der Waals surface area contributed by atoms with Gasteiger partial charge in [-0.05, 0) is 31.2 Å². The molecule has 1 aliphatic heterocycles. The van der Waals surface area contributed by atoms with Gasteiger partial charge in [0, 0.05) is 38.3 Å². The molecule has 0 aliphatic carbocycles. The van der Waals surface area contributed by atoms with E-state index in [9.17, 15) is 4.79 Å². The fraction of sp³-hybridized carbons (Fsp3) is 0.643. The van der Waals surface area contributed by atoms with Gasteiger partial charge in [-0.15, -0.1) is 5.10 Å². The van der Waals surface area contributed by atoms with Gasteiger partial charge in [0.2, 0.25) is 5.91 Å². The number of carbonyl (C=O) groups excluding carboxylic acids is 1. The Balaban J connectivity index is 1.55. The van der Waals surface area contributed by atoms with E-state index in [1.54, 1.807) is 0 Å². The number of hydrogen-bond donors (Lipinski definition) is 0. The first-order valence-corrected chi connectivity index (χ1v) is 7.71. The Morgan fingerprint density at radius 1 is 1.30 bits per heavy atom. The fourth-order valence-corrected chi connectivity index (χ4v) is 2.80. The van der Waals surface area contributed by atoms with Crippen molar-refractivity contribution in [1.29, 1.82) is 0 Å². The Labute approximate surface area is 134 Å². The highest BCUT2D eigenvalue weighted by atomic mass is 16.5. The highest BCUT2D eigenvalue weighted by Gasteiger charge is 2.27. The van der Waals surface area contributed by atoms with Gasteiger partial charge in [0.15, 0.2) is 0 Å². The number of tetrazole rings is 1. The van der Waals surface area contributed by atoms with Gasteiger partial charge in [-0.1, -0.05) is 5.16 Å². The number of hydrogen-bond acceptors (Lipinski definition) is 7. The van der Waals surface area contributed by atoms with E-state index in [1.165, 1.54) is 11.0 Å². The predicted octanol–water partition coefficient (Wildman–Crippen LogP) is 0.183. The van der Waals surface area contributed by atoms with Crippen LogP contribution >= 0.6 is 0 Å². The Kier molecular flexibility index (Phi) is 4.37. The summed E-state index contributed by atoms with van der Waals surface area (Å²) in [4.78, 5) is 16.7. The molecule has 9 heteroatoms. The molecule has 23 heavy (non-hydrogen) atoms. The Bertz CT molecular complexity index is 639. The van der Waals surface area contributed by atoms with Crippen molar-refractivity contribution in [3.8, 4) is 0 Å². The van der Waals surface area contributed by atoms with Crippen LogP contribution in [-0.4, -0.2) is 67.2 Å². The lowest BCUT2D eigenvalue weighted by Crippen LogP contribution is -2.50. The molecule has 1 amide bonds. The van der Waals surface area contributed by atoms with Gasteiger partial charge in [-0.25, -0.2) is 4.68 Å². The van der Waals surface area contributed by atoms with Crippen LogP contribution in [0.3, 0.4) is 0 Å². The van der Waals surface area contributed by atoms with Crippen LogP contribution in [-0.2, 0) is 11.3 Å². The lowest BCUT2D eigenvalue weighted by Gasteiger charge is -2.35. The molecule has 1 atom stereocenters. The molecule has 0 unspecified atom stereocenters. The van der Waals surface area contributed by atoms with E-state index >= 15 is 0 Å². The molecule has 9 nitrogen and oxygen atoms in total. The van der Waals surface area contributed by atoms with Gasteiger partial charge in [0.25, 0.3) is 0 Å². The maximum absolute atomic E-state index is 12.5. The number of carbonyl (C=O) groups is 1. The van der Waals surface area contributed by atoms with E-state index in [0.29, 0.717) is 13.1 Å². The smallest absolute Gasteiger partial charge is 0.247 e. The summed E-state index contributed by atoms with van der Waals surface area (Å²) in [5, 5.41) is 14.9. The molecule has 3 rings (SSSR count). The van der Waals surface area contributed by atoms with Gasteiger partial charge >= 0.3 is 0 Å². The third-order valence-electron chi connectivity index (χ3n) is 4.37. The normalized spacial score (nSPS) is 17.4. The summed E-state index contributed by atoms with van der Waals surface area (Å²) < 4.78 is 6.69. The van der Waals surface area contributed by atoms with E-state index in [-0.39, 0.29) is 11.9 Å². The van der Waals surface area contributed by atoms with Crippen LogP contribution in [0.2, 0.25) is 0 Å². The zero-order valence-electron chi connectivity index (χ0n) is 13.6. The summed E-state index contributed by atoms with van der Waals surface area (Å²) >= 11 is 0. The average molecular weight is 319 g/mol. The second-order valence-electron chi connectivity index (χ2n) is 5.87. The minimum absolute atomic E-state index is 0.0503. The molecular formula is C14H21N7O2. The molecule has 2 aromatic rings. The van der Waals surface area contributed by atoms with Crippen LogP contribution in [0.5, 0.6) is 0 Å². The van der Waals surface area contributed by atoms with Crippen molar-refractivity contribution in [3.63, 3.8) is 0 Å². The van der Waals surface area contributed by atoms with Crippen LogP contribution in [0.1, 0.15) is 30.0 Å². The topological polar surface area (TPSA) is 93.2 Å². The number of aryl methyl sites for hydroxylation is 2. The largest absolute Gasteiger partial charge is 0.361 e. The summed E-state index contributed by atoms with van der Waals surface area (Å²) in [6, 6.07) is -0.376. The van der Waals surface area contributed by atoms with Crippen LogP contribution in [0, 0.1) is 13.8 Å². The second kappa shape index (κ2) is 6.45.